The van der Waals surface area contributed by atoms with Gasteiger partial charge in [-0.25, -0.2) is 0 Å². The first-order valence-electron chi connectivity index (χ1n) is 9.20. The molecular weight excluding hydrogens is 358 g/mol. The van der Waals surface area contributed by atoms with Crippen LogP contribution in [0.15, 0.2) is 73.0 Å². The van der Waals surface area contributed by atoms with Crippen molar-refractivity contribution in [2.24, 2.45) is 11.8 Å². The number of Topliss-reactive ketones (excluding diaryl/α,β-unsaturated/α-hetero) is 1. The summed E-state index contributed by atoms with van der Waals surface area (Å²) in [6, 6.07) is 14.7. The number of benzene rings is 2. The second kappa shape index (κ2) is 6.21. The lowest BCUT2D eigenvalue weighted by molar-refractivity contribution is 0.0828. The van der Waals surface area contributed by atoms with E-state index in [0.717, 1.165) is 17.5 Å². The van der Waals surface area contributed by atoms with Gasteiger partial charge in [0.05, 0.1) is 12.1 Å². The smallest absolute Gasteiger partial charge is 0.187 e. The topological polar surface area (TPSA) is 37.4 Å². The molecule has 27 heavy (non-hydrogen) atoms. The molecule has 0 aromatic heterocycles. The Kier molecular flexibility index (Phi) is 3.80. The summed E-state index contributed by atoms with van der Waals surface area (Å²) in [5, 5.41) is 0.603. The quantitative estimate of drug-likeness (QED) is 0.437. The van der Waals surface area contributed by atoms with Gasteiger partial charge in [0.1, 0.15) is 0 Å². The fourth-order valence-corrected chi connectivity index (χ4v) is 4.98. The highest BCUT2D eigenvalue weighted by Gasteiger charge is 2.55. The molecule has 2 unspecified atom stereocenters. The second-order valence-corrected chi connectivity index (χ2v) is 7.82. The Morgan fingerprint density at radius 2 is 1.85 bits per heavy atom. The zero-order valence-corrected chi connectivity index (χ0v) is 15.3. The standard InChI is InChI=1S/C23H18ClNO2/c24-15-10-8-14(9-11-15)20(26)12-13-25-21-16-6-3-7-17(16)22(25)23(27)19-5-2-1-4-18(19)21/h1-6,8-13,16-17,21-22H,7H2/b13-12+/t16-,17+,21?,22?/m0/s1. The van der Waals surface area contributed by atoms with Crippen LogP contribution in [0.2, 0.25) is 5.02 Å². The number of fused-ring (bicyclic) bond motifs is 7. The summed E-state index contributed by atoms with van der Waals surface area (Å²) >= 11 is 5.90. The van der Waals surface area contributed by atoms with Crippen molar-refractivity contribution in [1.82, 2.24) is 4.90 Å². The van der Waals surface area contributed by atoms with Crippen LogP contribution in [-0.4, -0.2) is 22.5 Å². The number of hydrogen-bond donors (Lipinski definition) is 0. The Bertz CT molecular complexity index is 992. The van der Waals surface area contributed by atoms with Crippen LogP contribution in [-0.2, 0) is 0 Å². The molecule has 2 aromatic rings. The molecule has 5 rings (SSSR count). The number of allylic oxidation sites excluding steroid dienone is 2. The van der Waals surface area contributed by atoms with Crippen molar-refractivity contribution in [3.8, 4) is 0 Å². The average molecular weight is 376 g/mol. The number of carbonyl (C=O) groups excluding carboxylic acids is 2. The number of ketones is 2. The number of halogens is 1. The lowest BCUT2D eigenvalue weighted by Gasteiger charge is -2.36. The Balaban J connectivity index is 1.51. The fourth-order valence-electron chi connectivity index (χ4n) is 4.85. The van der Waals surface area contributed by atoms with E-state index in [4.69, 9.17) is 11.6 Å². The summed E-state index contributed by atoms with van der Waals surface area (Å²) in [7, 11) is 0. The van der Waals surface area contributed by atoms with Gasteiger partial charge in [-0.15, -0.1) is 0 Å². The number of nitrogens with zero attached hydrogens (tertiary/aromatic N) is 1. The van der Waals surface area contributed by atoms with Crippen LogP contribution in [0.4, 0.5) is 0 Å². The van der Waals surface area contributed by atoms with Gasteiger partial charge < -0.3 is 4.90 Å². The first-order valence-corrected chi connectivity index (χ1v) is 9.58. The van der Waals surface area contributed by atoms with E-state index in [9.17, 15) is 9.59 Å². The van der Waals surface area contributed by atoms with Gasteiger partial charge in [0.2, 0.25) is 0 Å². The van der Waals surface area contributed by atoms with Crippen molar-refractivity contribution < 1.29 is 9.59 Å². The zero-order chi connectivity index (χ0) is 18.5. The highest BCUT2D eigenvalue weighted by atomic mass is 35.5. The molecular formula is C23H18ClNO2. The van der Waals surface area contributed by atoms with Crippen LogP contribution in [0.1, 0.15) is 38.7 Å². The lowest BCUT2D eigenvalue weighted by Crippen LogP contribution is -2.41. The number of rotatable bonds is 3. The molecule has 0 N–H and O–H groups in total. The Morgan fingerprint density at radius 1 is 1.07 bits per heavy atom. The van der Waals surface area contributed by atoms with Gasteiger partial charge in [-0.3, -0.25) is 9.59 Å². The van der Waals surface area contributed by atoms with Crippen LogP contribution in [0.5, 0.6) is 0 Å². The van der Waals surface area contributed by atoms with Crippen LogP contribution in [0.25, 0.3) is 0 Å². The van der Waals surface area contributed by atoms with Crippen molar-refractivity contribution >= 4 is 23.2 Å². The molecule has 4 heteroatoms. The minimum Gasteiger partial charge on any atom is -0.359 e. The molecule has 134 valence electrons. The van der Waals surface area contributed by atoms with Gasteiger partial charge >= 0.3 is 0 Å². The van der Waals surface area contributed by atoms with Gasteiger partial charge in [-0.1, -0.05) is 48.0 Å². The SMILES string of the molecule is O=C(/C=C/N1C2c3ccccc3C(=O)C1[C@@H]1CC=C[C@H]21)c1ccc(Cl)cc1. The van der Waals surface area contributed by atoms with E-state index in [1.165, 1.54) is 0 Å². The van der Waals surface area contributed by atoms with Crippen LogP contribution < -0.4 is 0 Å². The summed E-state index contributed by atoms with van der Waals surface area (Å²) in [5.74, 6) is 0.683. The maximum Gasteiger partial charge on any atom is 0.187 e. The van der Waals surface area contributed by atoms with Gasteiger partial charge in [-0.2, -0.15) is 0 Å². The molecule has 1 saturated heterocycles. The molecule has 3 nitrogen and oxygen atoms in total. The predicted octanol–water partition coefficient (Wildman–Crippen LogP) is 4.85. The van der Waals surface area contributed by atoms with Gasteiger partial charge in [0.25, 0.3) is 0 Å². The third-order valence-corrected chi connectivity index (χ3v) is 6.27. The summed E-state index contributed by atoms with van der Waals surface area (Å²) in [6.07, 6.45) is 8.76. The van der Waals surface area contributed by atoms with Crippen molar-refractivity contribution in [1.29, 1.82) is 0 Å². The molecule has 1 aliphatic carbocycles. The van der Waals surface area contributed by atoms with E-state index in [2.05, 4.69) is 17.1 Å². The van der Waals surface area contributed by atoms with Crippen molar-refractivity contribution in [3.63, 3.8) is 0 Å². The van der Waals surface area contributed by atoms with E-state index in [-0.39, 0.29) is 29.6 Å². The molecule has 0 saturated carbocycles. The van der Waals surface area contributed by atoms with Crippen LogP contribution in [0, 0.1) is 11.8 Å². The Hall–Kier alpha value is -2.65. The van der Waals surface area contributed by atoms with Crippen molar-refractivity contribution in [2.75, 3.05) is 0 Å². The fraction of sp³-hybridized carbons (Fsp3) is 0.217. The van der Waals surface area contributed by atoms with E-state index in [0.29, 0.717) is 16.5 Å². The number of carbonyl (C=O) groups is 2. The normalized spacial score (nSPS) is 27.9. The van der Waals surface area contributed by atoms with Crippen molar-refractivity contribution in [3.05, 3.63) is 94.7 Å². The molecule has 3 aliphatic rings. The lowest BCUT2D eigenvalue weighted by atomic mass is 9.90. The number of hydrogen-bond acceptors (Lipinski definition) is 3. The summed E-state index contributed by atoms with van der Waals surface area (Å²) < 4.78 is 0. The minimum absolute atomic E-state index is 0.0851. The van der Waals surface area contributed by atoms with Gasteiger partial charge in [0.15, 0.2) is 11.6 Å². The molecule has 0 spiro atoms. The summed E-state index contributed by atoms with van der Waals surface area (Å²) in [4.78, 5) is 27.8. The average Bonchev–Trinajstić information content (AvgIpc) is 3.24. The van der Waals surface area contributed by atoms with Crippen LogP contribution in [0.3, 0.4) is 0 Å². The molecule has 2 aromatic carbocycles. The molecule has 0 amide bonds. The highest BCUT2D eigenvalue weighted by molar-refractivity contribution is 6.30. The third kappa shape index (κ3) is 2.49. The molecule has 0 radical (unpaired) electrons. The molecule has 4 atom stereocenters. The first-order chi connectivity index (χ1) is 13.1. The van der Waals surface area contributed by atoms with Crippen molar-refractivity contribution in [2.45, 2.75) is 18.5 Å². The summed E-state index contributed by atoms with van der Waals surface area (Å²) in [6.45, 7) is 0. The van der Waals surface area contributed by atoms with E-state index >= 15 is 0 Å². The molecule has 2 bridgehead atoms. The maximum atomic E-state index is 13.2. The van der Waals surface area contributed by atoms with Crippen LogP contribution >= 0.6 is 11.6 Å². The van der Waals surface area contributed by atoms with E-state index < -0.39 is 0 Å². The monoisotopic (exact) mass is 375 g/mol. The largest absolute Gasteiger partial charge is 0.359 e. The molecule has 1 fully saturated rings. The maximum absolute atomic E-state index is 13.2. The zero-order valence-electron chi connectivity index (χ0n) is 14.6. The molecule has 2 heterocycles. The Morgan fingerprint density at radius 3 is 2.67 bits per heavy atom. The predicted molar refractivity (Wildman–Crippen MR) is 105 cm³/mol. The van der Waals surface area contributed by atoms with E-state index in [1.807, 2.05) is 30.5 Å². The van der Waals surface area contributed by atoms with E-state index in [1.54, 1.807) is 30.3 Å². The van der Waals surface area contributed by atoms with Gasteiger partial charge in [-0.05, 0) is 42.2 Å². The summed E-state index contributed by atoms with van der Waals surface area (Å²) in [5.41, 5.74) is 2.50. The first kappa shape index (κ1) is 16.5. The minimum atomic E-state index is -0.195. The highest BCUT2D eigenvalue weighted by Crippen LogP contribution is 2.54. The second-order valence-electron chi connectivity index (χ2n) is 7.38. The third-order valence-electron chi connectivity index (χ3n) is 6.01. The van der Waals surface area contributed by atoms with Gasteiger partial charge in [0, 0.05) is 34.3 Å². The Labute approximate surface area is 162 Å². The molecule has 2 aliphatic heterocycles.